The van der Waals surface area contributed by atoms with Gasteiger partial charge in [-0.3, -0.25) is 4.79 Å². The third-order valence-electron chi connectivity index (χ3n) is 4.38. The average molecular weight is 338 g/mol. The molecule has 1 aliphatic rings. The number of methoxy groups -OCH3 is 1. The number of carbonyl (C=O) groups is 1. The summed E-state index contributed by atoms with van der Waals surface area (Å²) >= 11 is 0. The van der Waals surface area contributed by atoms with E-state index in [1.54, 1.807) is 14.0 Å². The smallest absolute Gasteiger partial charge is 0.260 e. The lowest BCUT2D eigenvalue weighted by molar-refractivity contribution is -0.127. The lowest BCUT2D eigenvalue weighted by Crippen LogP contribution is -2.42. The van der Waals surface area contributed by atoms with Gasteiger partial charge in [0.1, 0.15) is 11.6 Å². The monoisotopic (exact) mass is 338 g/mol. The summed E-state index contributed by atoms with van der Waals surface area (Å²) in [5.74, 6) is 0.536. The summed E-state index contributed by atoms with van der Waals surface area (Å²) in [4.78, 5) is 14.5. The molecule has 1 saturated heterocycles. The van der Waals surface area contributed by atoms with E-state index in [1.807, 2.05) is 0 Å². The Kier molecular flexibility index (Phi) is 7.46. The Morgan fingerprint density at radius 1 is 1.33 bits per heavy atom. The number of nitrogens with one attached hydrogen (secondary N) is 1. The highest BCUT2D eigenvalue weighted by Crippen LogP contribution is 2.16. The molecule has 6 heteroatoms. The Hall–Kier alpha value is -1.66. The molecule has 1 heterocycles. The topological polar surface area (TPSA) is 50.8 Å². The minimum atomic E-state index is -0.600. The number of halogens is 1. The summed E-state index contributed by atoms with van der Waals surface area (Å²) in [5, 5.41) is 2.96. The minimum Gasteiger partial charge on any atom is -0.481 e. The van der Waals surface area contributed by atoms with Crippen molar-refractivity contribution in [3.8, 4) is 5.75 Å². The van der Waals surface area contributed by atoms with Gasteiger partial charge in [-0.15, -0.1) is 0 Å². The maximum Gasteiger partial charge on any atom is 0.260 e. The van der Waals surface area contributed by atoms with Crippen LogP contribution in [0.1, 0.15) is 19.8 Å². The molecule has 0 saturated carbocycles. The van der Waals surface area contributed by atoms with Gasteiger partial charge < -0.3 is 19.7 Å². The van der Waals surface area contributed by atoms with Gasteiger partial charge in [-0.2, -0.15) is 0 Å². The largest absolute Gasteiger partial charge is 0.481 e. The van der Waals surface area contributed by atoms with Crippen molar-refractivity contribution in [2.24, 2.45) is 5.92 Å². The second-order valence-corrected chi connectivity index (χ2v) is 6.24. The van der Waals surface area contributed by atoms with E-state index in [0.29, 0.717) is 18.2 Å². The fourth-order valence-electron chi connectivity index (χ4n) is 2.79. The number of rotatable bonds is 8. The van der Waals surface area contributed by atoms with E-state index in [-0.39, 0.29) is 11.7 Å². The van der Waals surface area contributed by atoms with Crippen LogP contribution in [0.2, 0.25) is 0 Å². The van der Waals surface area contributed by atoms with Gasteiger partial charge in [0.05, 0.1) is 6.61 Å². The third kappa shape index (κ3) is 6.09. The van der Waals surface area contributed by atoms with Crippen LogP contribution in [0.25, 0.3) is 0 Å². The summed E-state index contributed by atoms with van der Waals surface area (Å²) in [6, 6.07) is 5.68. The molecule has 5 nitrogen and oxygen atoms in total. The molecule has 0 aliphatic carbocycles. The van der Waals surface area contributed by atoms with Gasteiger partial charge in [0.2, 0.25) is 0 Å². The van der Waals surface area contributed by atoms with E-state index in [4.69, 9.17) is 9.47 Å². The zero-order chi connectivity index (χ0) is 17.4. The molecule has 0 bridgehead atoms. The van der Waals surface area contributed by atoms with E-state index in [2.05, 4.69) is 10.2 Å². The molecule has 1 fully saturated rings. The van der Waals surface area contributed by atoms with Crippen LogP contribution in [0.15, 0.2) is 24.3 Å². The number of hydrogen-bond donors (Lipinski definition) is 1. The molecular formula is C18H27FN2O3. The van der Waals surface area contributed by atoms with Gasteiger partial charge in [0, 0.05) is 20.2 Å². The summed E-state index contributed by atoms with van der Waals surface area (Å²) in [6.07, 6.45) is 1.56. The highest BCUT2D eigenvalue weighted by molar-refractivity contribution is 5.80. The maximum atomic E-state index is 12.9. The summed E-state index contributed by atoms with van der Waals surface area (Å²) in [5.41, 5.74) is 0. The Balaban J connectivity index is 1.66. The predicted octanol–water partition coefficient (Wildman–Crippen LogP) is 2.07. The molecule has 0 radical (unpaired) electrons. The van der Waals surface area contributed by atoms with Crippen molar-refractivity contribution < 1.29 is 18.7 Å². The molecule has 1 atom stereocenters. The van der Waals surface area contributed by atoms with Gasteiger partial charge in [0.25, 0.3) is 5.91 Å². The van der Waals surface area contributed by atoms with E-state index in [0.717, 1.165) is 39.1 Å². The van der Waals surface area contributed by atoms with Gasteiger partial charge in [-0.1, -0.05) is 0 Å². The van der Waals surface area contributed by atoms with Crippen LogP contribution >= 0.6 is 0 Å². The first-order chi connectivity index (χ1) is 11.6. The van der Waals surface area contributed by atoms with Crippen molar-refractivity contribution in [1.29, 1.82) is 0 Å². The zero-order valence-corrected chi connectivity index (χ0v) is 14.5. The van der Waals surface area contributed by atoms with Crippen molar-refractivity contribution in [2.75, 3.05) is 39.9 Å². The SMILES string of the molecule is COCCN1CCC(CNC(=O)[C@H](C)Oc2ccc(F)cc2)CC1. The Morgan fingerprint density at radius 3 is 2.62 bits per heavy atom. The standard InChI is InChI=1S/C18H27FN2O3/c1-14(24-17-5-3-16(19)4-6-17)18(22)20-13-15-7-9-21(10-8-15)11-12-23-2/h3-6,14-15H,7-13H2,1-2H3,(H,20,22)/t14-/m0/s1. The summed E-state index contributed by atoms with van der Waals surface area (Å²) < 4.78 is 23.5. The lowest BCUT2D eigenvalue weighted by atomic mass is 9.97. The number of benzene rings is 1. The molecule has 1 aromatic rings. The first kappa shape index (κ1) is 18.7. The Bertz CT molecular complexity index is 501. The summed E-state index contributed by atoms with van der Waals surface area (Å²) in [7, 11) is 1.72. The minimum absolute atomic E-state index is 0.138. The number of ether oxygens (including phenoxy) is 2. The Labute approximate surface area is 143 Å². The fourth-order valence-corrected chi connectivity index (χ4v) is 2.79. The predicted molar refractivity (Wildman–Crippen MR) is 90.5 cm³/mol. The molecule has 134 valence electrons. The van der Waals surface area contributed by atoms with Crippen molar-refractivity contribution >= 4 is 5.91 Å². The number of piperidine rings is 1. The van der Waals surface area contributed by atoms with Crippen LogP contribution in [0.4, 0.5) is 4.39 Å². The van der Waals surface area contributed by atoms with Crippen molar-refractivity contribution in [3.63, 3.8) is 0 Å². The van der Waals surface area contributed by atoms with Crippen LogP contribution in [-0.4, -0.2) is 56.8 Å². The second-order valence-electron chi connectivity index (χ2n) is 6.24. The molecule has 0 unspecified atom stereocenters. The van der Waals surface area contributed by atoms with Gasteiger partial charge >= 0.3 is 0 Å². The van der Waals surface area contributed by atoms with Crippen LogP contribution in [0.5, 0.6) is 5.75 Å². The van der Waals surface area contributed by atoms with Crippen molar-refractivity contribution in [3.05, 3.63) is 30.1 Å². The van der Waals surface area contributed by atoms with Crippen molar-refractivity contribution in [1.82, 2.24) is 10.2 Å². The molecule has 1 aliphatic heterocycles. The highest BCUT2D eigenvalue weighted by atomic mass is 19.1. The normalized spacial score (nSPS) is 17.5. The van der Waals surface area contributed by atoms with Crippen LogP contribution in [0.3, 0.4) is 0 Å². The first-order valence-electron chi connectivity index (χ1n) is 8.49. The maximum absolute atomic E-state index is 12.9. The van der Waals surface area contributed by atoms with E-state index in [9.17, 15) is 9.18 Å². The molecule has 24 heavy (non-hydrogen) atoms. The second kappa shape index (κ2) is 9.59. The van der Waals surface area contributed by atoms with Gasteiger partial charge in [0.15, 0.2) is 6.10 Å². The van der Waals surface area contributed by atoms with E-state index in [1.165, 1.54) is 24.3 Å². The number of likely N-dealkylation sites (tertiary alicyclic amines) is 1. The summed E-state index contributed by atoms with van der Waals surface area (Å²) in [6.45, 7) is 6.20. The zero-order valence-electron chi connectivity index (χ0n) is 14.5. The third-order valence-corrected chi connectivity index (χ3v) is 4.38. The average Bonchev–Trinajstić information content (AvgIpc) is 2.60. The number of nitrogens with zero attached hydrogens (tertiary/aromatic N) is 1. The fraction of sp³-hybridized carbons (Fsp3) is 0.611. The lowest BCUT2D eigenvalue weighted by Gasteiger charge is -2.31. The molecular weight excluding hydrogens is 311 g/mol. The Morgan fingerprint density at radius 2 is 2.00 bits per heavy atom. The quantitative estimate of drug-likeness (QED) is 0.788. The molecule has 0 spiro atoms. The first-order valence-corrected chi connectivity index (χ1v) is 8.49. The highest BCUT2D eigenvalue weighted by Gasteiger charge is 2.21. The number of amides is 1. The van der Waals surface area contributed by atoms with Crippen LogP contribution in [0, 0.1) is 11.7 Å². The molecule has 1 aromatic carbocycles. The van der Waals surface area contributed by atoms with E-state index < -0.39 is 6.10 Å². The van der Waals surface area contributed by atoms with Crippen molar-refractivity contribution in [2.45, 2.75) is 25.9 Å². The van der Waals surface area contributed by atoms with Gasteiger partial charge in [-0.25, -0.2) is 4.39 Å². The number of hydrogen-bond acceptors (Lipinski definition) is 4. The molecule has 0 aromatic heterocycles. The molecule has 2 rings (SSSR count). The molecule has 1 N–H and O–H groups in total. The van der Waals surface area contributed by atoms with E-state index >= 15 is 0 Å². The van der Waals surface area contributed by atoms with Crippen LogP contribution < -0.4 is 10.1 Å². The molecule has 1 amide bonds. The number of carbonyl (C=O) groups excluding carboxylic acids is 1. The van der Waals surface area contributed by atoms with Gasteiger partial charge in [-0.05, 0) is 63.0 Å². The van der Waals surface area contributed by atoms with Crippen LogP contribution in [-0.2, 0) is 9.53 Å².